The number of nitrogens with one attached hydrogen (secondary N) is 1. The van der Waals surface area contributed by atoms with Crippen LogP contribution < -0.4 is 11.2 Å². The SMILES string of the molecule is CCCC(/C=N\NC(N)=S)C(CC)CCC. The predicted molar refractivity (Wildman–Crippen MR) is 75.5 cm³/mol. The van der Waals surface area contributed by atoms with Gasteiger partial charge in [-0.05, 0) is 30.5 Å². The second kappa shape index (κ2) is 9.58. The average molecular weight is 243 g/mol. The number of thiocarbonyl (C=S) groups is 1. The fourth-order valence-corrected chi connectivity index (χ4v) is 2.11. The number of nitrogens with zero attached hydrogens (tertiary/aromatic N) is 1. The highest BCUT2D eigenvalue weighted by molar-refractivity contribution is 7.80. The van der Waals surface area contributed by atoms with Gasteiger partial charge in [0.25, 0.3) is 0 Å². The molecule has 0 rings (SSSR count). The van der Waals surface area contributed by atoms with Crippen LogP contribution in [0.25, 0.3) is 0 Å². The third-order valence-corrected chi connectivity index (χ3v) is 2.94. The molecule has 0 aliphatic rings. The summed E-state index contributed by atoms with van der Waals surface area (Å²) in [6.45, 7) is 6.69. The van der Waals surface area contributed by atoms with Crippen molar-refractivity contribution >= 4 is 23.5 Å². The van der Waals surface area contributed by atoms with Crippen LogP contribution in [0.5, 0.6) is 0 Å². The van der Waals surface area contributed by atoms with E-state index in [4.69, 9.17) is 18.0 Å². The first-order valence-corrected chi connectivity index (χ1v) is 6.65. The van der Waals surface area contributed by atoms with E-state index >= 15 is 0 Å². The van der Waals surface area contributed by atoms with Crippen molar-refractivity contribution in [3.05, 3.63) is 0 Å². The van der Waals surface area contributed by atoms with Crippen molar-refractivity contribution in [3.8, 4) is 0 Å². The van der Waals surface area contributed by atoms with Gasteiger partial charge in [-0.3, -0.25) is 5.43 Å². The van der Waals surface area contributed by atoms with E-state index in [2.05, 4.69) is 31.3 Å². The zero-order valence-corrected chi connectivity index (χ0v) is 11.5. The second-order valence-electron chi connectivity index (χ2n) is 4.16. The smallest absolute Gasteiger partial charge is 0.184 e. The van der Waals surface area contributed by atoms with Crippen LogP contribution in [0.2, 0.25) is 0 Å². The molecule has 0 bridgehead atoms. The van der Waals surface area contributed by atoms with Crippen LogP contribution in [0.4, 0.5) is 0 Å². The average Bonchev–Trinajstić information content (AvgIpc) is 2.24. The highest BCUT2D eigenvalue weighted by atomic mass is 32.1. The van der Waals surface area contributed by atoms with E-state index in [9.17, 15) is 0 Å². The summed E-state index contributed by atoms with van der Waals surface area (Å²) in [6, 6.07) is 0. The van der Waals surface area contributed by atoms with Crippen LogP contribution in [-0.2, 0) is 0 Å². The van der Waals surface area contributed by atoms with Gasteiger partial charge in [0.15, 0.2) is 5.11 Å². The normalized spacial score (nSPS) is 14.9. The summed E-state index contributed by atoms with van der Waals surface area (Å²) in [7, 11) is 0. The lowest BCUT2D eigenvalue weighted by atomic mass is 9.84. The van der Waals surface area contributed by atoms with E-state index in [-0.39, 0.29) is 5.11 Å². The summed E-state index contributed by atoms with van der Waals surface area (Å²) in [5.41, 5.74) is 7.96. The van der Waals surface area contributed by atoms with E-state index in [1.807, 2.05) is 6.21 Å². The molecule has 0 amide bonds. The lowest BCUT2D eigenvalue weighted by molar-refractivity contribution is 0.359. The van der Waals surface area contributed by atoms with Crippen molar-refractivity contribution in [3.63, 3.8) is 0 Å². The predicted octanol–water partition coefficient (Wildman–Crippen LogP) is 3.05. The van der Waals surface area contributed by atoms with Crippen molar-refractivity contribution in [2.24, 2.45) is 22.7 Å². The molecule has 3 N–H and O–H groups in total. The van der Waals surface area contributed by atoms with Gasteiger partial charge in [0.05, 0.1) is 0 Å². The Bertz CT molecular complexity index is 216. The summed E-state index contributed by atoms with van der Waals surface area (Å²) in [4.78, 5) is 0. The van der Waals surface area contributed by atoms with Crippen molar-refractivity contribution in [1.29, 1.82) is 0 Å². The number of hydrogen-bond donors (Lipinski definition) is 2. The highest BCUT2D eigenvalue weighted by Crippen LogP contribution is 2.23. The number of hydrazone groups is 1. The molecule has 94 valence electrons. The standard InChI is InChI=1S/C12H25N3S/c1-4-7-10(6-3)11(8-5-2)9-14-15-12(13)16/h9-11H,4-8H2,1-3H3,(H3,13,15,16)/b14-9-. The Morgan fingerprint density at radius 2 is 1.94 bits per heavy atom. The lowest BCUT2D eigenvalue weighted by Crippen LogP contribution is -2.25. The molecule has 0 aliphatic heterocycles. The van der Waals surface area contributed by atoms with Gasteiger partial charge >= 0.3 is 0 Å². The van der Waals surface area contributed by atoms with Crippen molar-refractivity contribution in [1.82, 2.24) is 5.43 Å². The van der Waals surface area contributed by atoms with Crippen LogP contribution >= 0.6 is 12.2 Å². The molecule has 0 aromatic rings. The zero-order valence-electron chi connectivity index (χ0n) is 10.7. The molecule has 0 radical (unpaired) electrons. The molecule has 0 heterocycles. The molecule has 4 heteroatoms. The molecule has 0 fully saturated rings. The fraction of sp³-hybridized carbons (Fsp3) is 0.833. The van der Waals surface area contributed by atoms with Crippen LogP contribution in [0.1, 0.15) is 52.9 Å². The molecule has 0 spiro atoms. The molecule has 2 unspecified atom stereocenters. The second-order valence-corrected chi connectivity index (χ2v) is 4.60. The molecular formula is C12H25N3S. The minimum atomic E-state index is 0.232. The molecule has 0 aromatic heterocycles. The van der Waals surface area contributed by atoms with E-state index in [1.165, 1.54) is 32.1 Å². The molecule has 0 aromatic carbocycles. The highest BCUT2D eigenvalue weighted by Gasteiger charge is 2.16. The Hall–Kier alpha value is -0.640. The largest absolute Gasteiger partial charge is 0.375 e. The number of hydrogen-bond acceptors (Lipinski definition) is 2. The summed E-state index contributed by atoms with van der Waals surface area (Å²) < 4.78 is 0. The Kier molecular flexibility index (Phi) is 9.19. The lowest BCUT2D eigenvalue weighted by Gasteiger charge is -2.21. The molecule has 0 saturated carbocycles. The minimum Gasteiger partial charge on any atom is -0.375 e. The van der Waals surface area contributed by atoms with Gasteiger partial charge in [-0.2, -0.15) is 5.10 Å². The summed E-state index contributed by atoms with van der Waals surface area (Å²) >= 11 is 4.71. The molecule has 3 nitrogen and oxygen atoms in total. The van der Waals surface area contributed by atoms with Gasteiger partial charge in [0.1, 0.15) is 0 Å². The topological polar surface area (TPSA) is 50.4 Å². The van der Waals surface area contributed by atoms with Crippen LogP contribution in [0, 0.1) is 11.8 Å². The molecule has 16 heavy (non-hydrogen) atoms. The first-order chi connectivity index (χ1) is 7.65. The third-order valence-electron chi connectivity index (χ3n) is 2.85. The zero-order chi connectivity index (χ0) is 12.4. The maximum absolute atomic E-state index is 5.33. The van der Waals surface area contributed by atoms with Gasteiger partial charge in [-0.1, -0.05) is 46.5 Å². The van der Waals surface area contributed by atoms with Gasteiger partial charge in [0, 0.05) is 6.21 Å². The fourth-order valence-electron chi connectivity index (χ4n) is 2.05. The van der Waals surface area contributed by atoms with Crippen molar-refractivity contribution in [2.75, 3.05) is 0 Å². The maximum Gasteiger partial charge on any atom is 0.184 e. The molecule has 0 saturated heterocycles. The van der Waals surface area contributed by atoms with E-state index in [0.29, 0.717) is 5.92 Å². The van der Waals surface area contributed by atoms with E-state index < -0.39 is 0 Å². The Morgan fingerprint density at radius 3 is 2.38 bits per heavy atom. The Labute approximate surface area is 105 Å². The van der Waals surface area contributed by atoms with Gasteiger partial charge in [-0.15, -0.1) is 0 Å². The first-order valence-electron chi connectivity index (χ1n) is 6.24. The van der Waals surface area contributed by atoms with Crippen molar-refractivity contribution in [2.45, 2.75) is 52.9 Å². The Balaban J connectivity index is 4.32. The van der Waals surface area contributed by atoms with Crippen LogP contribution in [-0.4, -0.2) is 11.3 Å². The number of nitrogens with two attached hydrogens (primary N) is 1. The van der Waals surface area contributed by atoms with Gasteiger partial charge in [-0.25, -0.2) is 0 Å². The van der Waals surface area contributed by atoms with Crippen molar-refractivity contribution < 1.29 is 0 Å². The minimum absolute atomic E-state index is 0.232. The van der Waals surface area contributed by atoms with E-state index in [0.717, 1.165) is 5.92 Å². The van der Waals surface area contributed by atoms with E-state index in [1.54, 1.807) is 0 Å². The van der Waals surface area contributed by atoms with Gasteiger partial charge in [0.2, 0.25) is 0 Å². The van der Waals surface area contributed by atoms with Crippen LogP contribution in [0.15, 0.2) is 5.10 Å². The molecular weight excluding hydrogens is 218 g/mol. The number of rotatable bonds is 8. The summed E-state index contributed by atoms with van der Waals surface area (Å²) in [5, 5.41) is 4.33. The third kappa shape index (κ3) is 6.77. The first kappa shape index (κ1) is 15.4. The maximum atomic E-state index is 5.33. The Morgan fingerprint density at radius 1 is 1.31 bits per heavy atom. The molecule has 0 aliphatic carbocycles. The quantitative estimate of drug-likeness (QED) is 0.391. The molecule has 2 atom stereocenters. The van der Waals surface area contributed by atoms with Gasteiger partial charge < -0.3 is 5.73 Å². The monoisotopic (exact) mass is 243 g/mol. The van der Waals surface area contributed by atoms with Crippen LogP contribution in [0.3, 0.4) is 0 Å². The summed E-state index contributed by atoms with van der Waals surface area (Å²) in [6.07, 6.45) is 8.05. The summed E-state index contributed by atoms with van der Waals surface area (Å²) in [5.74, 6) is 1.26.